The van der Waals surface area contributed by atoms with Crippen molar-refractivity contribution in [3.8, 4) is 0 Å². The van der Waals surface area contributed by atoms with Gasteiger partial charge in [-0.15, -0.1) is 0 Å². The molecular weight excluding hydrogens is 210 g/mol. The quantitative estimate of drug-likeness (QED) is 0.733. The lowest BCUT2D eigenvalue weighted by Crippen LogP contribution is -2.35. The molecule has 0 bridgehead atoms. The summed E-state index contributed by atoms with van der Waals surface area (Å²) in [6.45, 7) is 5.34. The van der Waals surface area contributed by atoms with Gasteiger partial charge in [0.25, 0.3) is 0 Å². The Hall–Kier alpha value is -1.52. The SMILES string of the molecule is CC(C)(C)OC(=O)N1C=CC2C(C(=O)O)C21. The third kappa shape index (κ3) is 1.77. The zero-order valence-corrected chi connectivity index (χ0v) is 9.51. The first-order valence-electron chi connectivity index (χ1n) is 5.24. The number of aliphatic carboxylic acids is 1. The maximum Gasteiger partial charge on any atom is 0.414 e. The summed E-state index contributed by atoms with van der Waals surface area (Å²) in [5.74, 6) is -1.35. The molecule has 1 aliphatic heterocycles. The van der Waals surface area contributed by atoms with Gasteiger partial charge in [0.1, 0.15) is 5.60 Å². The second-order valence-corrected chi connectivity index (χ2v) is 5.16. The first-order valence-corrected chi connectivity index (χ1v) is 5.24. The molecular formula is C11H15NO4. The normalized spacial score (nSPS) is 31.2. The van der Waals surface area contributed by atoms with Crippen molar-refractivity contribution >= 4 is 12.1 Å². The highest BCUT2D eigenvalue weighted by atomic mass is 16.6. The van der Waals surface area contributed by atoms with Gasteiger partial charge in [0.2, 0.25) is 0 Å². The van der Waals surface area contributed by atoms with Crippen molar-refractivity contribution < 1.29 is 19.4 Å². The molecule has 0 saturated heterocycles. The van der Waals surface area contributed by atoms with E-state index in [2.05, 4.69) is 0 Å². The number of carbonyl (C=O) groups excluding carboxylic acids is 1. The summed E-state index contributed by atoms with van der Waals surface area (Å²) in [5, 5.41) is 8.88. The molecule has 5 nitrogen and oxygen atoms in total. The third-order valence-electron chi connectivity index (χ3n) is 2.72. The van der Waals surface area contributed by atoms with Gasteiger partial charge in [-0.3, -0.25) is 9.69 Å². The van der Waals surface area contributed by atoms with Crippen LogP contribution in [-0.4, -0.2) is 33.7 Å². The van der Waals surface area contributed by atoms with Crippen LogP contribution in [0.5, 0.6) is 0 Å². The maximum atomic E-state index is 11.7. The van der Waals surface area contributed by atoms with E-state index in [1.807, 2.05) is 0 Å². The molecule has 3 atom stereocenters. The van der Waals surface area contributed by atoms with Gasteiger partial charge in [-0.05, 0) is 20.8 Å². The van der Waals surface area contributed by atoms with Gasteiger partial charge in [0, 0.05) is 12.1 Å². The minimum Gasteiger partial charge on any atom is -0.481 e. The Bertz CT molecular complexity index is 369. The number of hydrogen-bond donors (Lipinski definition) is 1. The second kappa shape index (κ2) is 3.23. The summed E-state index contributed by atoms with van der Waals surface area (Å²) in [4.78, 5) is 23.9. The van der Waals surface area contributed by atoms with Crippen LogP contribution in [0, 0.1) is 11.8 Å². The van der Waals surface area contributed by atoms with Crippen LogP contribution >= 0.6 is 0 Å². The minimum absolute atomic E-state index is 0.0370. The van der Waals surface area contributed by atoms with Crippen LogP contribution in [-0.2, 0) is 9.53 Å². The molecule has 0 radical (unpaired) electrons. The first kappa shape index (κ1) is 11.0. The lowest BCUT2D eigenvalue weighted by molar-refractivity contribution is -0.139. The molecule has 16 heavy (non-hydrogen) atoms. The molecule has 3 unspecified atom stereocenters. The fourth-order valence-corrected chi connectivity index (χ4v) is 2.01. The van der Waals surface area contributed by atoms with E-state index >= 15 is 0 Å². The fourth-order valence-electron chi connectivity index (χ4n) is 2.01. The van der Waals surface area contributed by atoms with E-state index in [0.717, 1.165) is 0 Å². The Labute approximate surface area is 93.7 Å². The predicted octanol–water partition coefficient (Wildman–Crippen LogP) is 1.45. The van der Waals surface area contributed by atoms with E-state index in [-0.39, 0.29) is 12.0 Å². The van der Waals surface area contributed by atoms with Crippen molar-refractivity contribution in [2.24, 2.45) is 11.8 Å². The van der Waals surface area contributed by atoms with Crippen molar-refractivity contribution in [3.63, 3.8) is 0 Å². The molecule has 0 aromatic rings. The molecule has 1 aliphatic carbocycles. The molecule has 1 saturated carbocycles. The Morgan fingerprint density at radius 2 is 2.00 bits per heavy atom. The van der Waals surface area contributed by atoms with Crippen molar-refractivity contribution in [2.45, 2.75) is 32.4 Å². The largest absolute Gasteiger partial charge is 0.481 e. The van der Waals surface area contributed by atoms with Crippen LogP contribution < -0.4 is 0 Å². The monoisotopic (exact) mass is 225 g/mol. The van der Waals surface area contributed by atoms with Crippen molar-refractivity contribution in [1.29, 1.82) is 0 Å². The molecule has 2 rings (SSSR count). The van der Waals surface area contributed by atoms with E-state index in [1.54, 1.807) is 33.0 Å². The number of carboxylic acid groups (broad SMARTS) is 1. The summed E-state index contributed by atoms with van der Waals surface area (Å²) in [6, 6.07) is -0.243. The van der Waals surface area contributed by atoms with Gasteiger partial charge in [-0.25, -0.2) is 4.79 Å². The highest BCUT2D eigenvalue weighted by Gasteiger charge is 2.61. The predicted molar refractivity (Wildman–Crippen MR) is 55.6 cm³/mol. The van der Waals surface area contributed by atoms with Gasteiger partial charge in [-0.2, -0.15) is 0 Å². The zero-order chi connectivity index (χ0) is 12.1. The van der Waals surface area contributed by atoms with E-state index in [0.29, 0.717) is 0 Å². The molecule has 5 heteroatoms. The lowest BCUT2D eigenvalue weighted by Gasteiger charge is -2.24. The van der Waals surface area contributed by atoms with Crippen molar-refractivity contribution in [3.05, 3.63) is 12.3 Å². The van der Waals surface area contributed by atoms with E-state index in [9.17, 15) is 9.59 Å². The Morgan fingerprint density at radius 3 is 2.44 bits per heavy atom. The summed E-state index contributed by atoms with van der Waals surface area (Å²) in [5.41, 5.74) is -0.559. The number of ether oxygens (including phenoxy) is 1. The van der Waals surface area contributed by atoms with Gasteiger partial charge in [0.05, 0.1) is 12.0 Å². The average Bonchev–Trinajstić information content (AvgIpc) is 2.64. The van der Waals surface area contributed by atoms with Crippen LogP contribution in [0.15, 0.2) is 12.3 Å². The molecule has 88 valence electrons. The van der Waals surface area contributed by atoms with Gasteiger partial charge in [-0.1, -0.05) is 6.08 Å². The second-order valence-electron chi connectivity index (χ2n) is 5.16. The Morgan fingerprint density at radius 1 is 1.38 bits per heavy atom. The molecule has 1 fully saturated rings. The average molecular weight is 225 g/mol. The van der Waals surface area contributed by atoms with Gasteiger partial charge in [0.15, 0.2) is 0 Å². The summed E-state index contributed by atoms with van der Waals surface area (Å²) < 4.78 is 5.19. The van der Waals surface area contributed by atoms with Crippen LogP contribution in [0.1, 0.15) is 20.8 Å². The first-order chi connectivity index (χ1) is 7.31. The number of hydrogen-bond acceptors (Lipinski definition) is 3. The summed E-state index contributed by atoms with van der Waals surface area (Å²) in [6.07, 6.45) is 2.90. The number of nitrogens with zero attached hydrogens (tertiary/aromatic N) is 1. The van der Waals surface area contributed by atoms with E-state index < -0.39 is 23.6 Å². The molecule has 0 spiro atoms. The van der Waals surface area contributed by atoms with Crippen molar-refractivity contribution in [1.82, 2.24) is 4.90 Å². The standard InChI is InChI=1S/C11H15NO4/c1-11(2,3)16-10(15)12-5-4-6-7(8(6)12)9(13)14/h4-8H,1-3H3,(H,13,14). The smallest absolute Gasteiger partial charge is 0.414 e. The number of amides is 1. The van der Waals surface area contributed by atoms with Crippen molar-refractivity contribution in [2.75, 3.05) is 0 Å². The highest BCUT2D eigenvalue weighted by Crippen LogP contribution is 2.49. The Balaban J connectivity index is 2.01. The zero-order valence-electron chi connectivity index (χ0n) is 9.51. The number of carbonyl (C=O) groups is 2. The molecule has 1 heterocycles. The fraction of sp³-hybridized carbons (Fsp3) is 0.636. The number of rotatable bonds is 1. The van der Waals surface area contributed by atoms with E-state index in [4.69, 9.17) is 9.84 Å². The van der Waals surface area contributed by atoms with Crippen LogP contribution in [0.4, 0.5) is 4.79 Å². The van der Waals surface area contributed by atoms with Gasteiger partial charge < -0.3 is 9.84 Å². The summed E-state index contributed by atoms with van der Waals surface area (Å²) in [7, 11) is 0. The van der Waals surface area contributed by atoms with Crippen LogP contribution in [0.2, 0.25) is 0 Å². The maximum absolute atomic E-state index is 11.7. The molecule has 2 aliphatic rings. The summed E-state index contributed by atoms with van der Waals surface area (Å²) >= 11 is 0. The van der Waals surface area contributed by atoms with Gasteiger partial charge >= 0.3 is 12.1 Å². The Kier molecular flexibility index (Phi) is 2.22. The third-order valence-corrected chi connectivity index (χ3v) is 2.72. The molecule has 1 N–H and O–H groups in total. The molecule has 0 aromatic heterocycles. The number of carboxylic acids is 1. The van der Waals surface area contributed by atoms with E-state index in [1.165, 1.54) is 4.90 Å². The lowest BCUT2D eigenvalue weighted by atomic mass is 10.2. The molecule has 0 aromatic carbocycles. The van der Waals surface area contributed by atoms with Crippen LogP contribution in [0.25, 0.3) is 0 Å². The highest BCUT2D eigenvalue weighted by molar-refractivity contribution is 5.80. The van der Waals surface area contributed by atoms with Crippen LogP contribution in [0.3, 0.4) is 0 Å². The minimum atomic E-state index is -0.854. The number of fused-ring (bicyclic) bond motifs is 1. The molecule has 1 amide bonds. The topological polar surface area (TPSA) is 66.8 Å².